The molecule has 0 spiro atoms. The summed E-state index contributed by atoms with van der Waals surface area (Å²) in [6.07, 6.45) is 0. The maximum Gasteiger partial charge on any atom is 0.332 e. The molecule has 1 aromatic heterocycles. The van der Waals surface area contributed by atoms with Crippen molar-refractivity contribution in [1.29, 1.82) is 0 Å². The zero-order valence-corrected chi connectivity index (χ0v) is 17.7. The number of carbonyl (C=O) groups is 4. The Morgan fingerprint density at radius 3 is 2.50 bits per heavy atom. The molecular weight excluding hydrogens is 408 g/mol. The van der Waals surface area contributed by atoms with Crippen molar-refractivity contribution in [2.24, 2.45) is 0 Å². The Balaban J connectivity index is 1.67. The number of nitrogens with one attached hydrogen (secondary N) is 1. The number of aromatic nitrogens is 1. The fourth-order valence-electron chi connectivity index (χ4n) is 3.12. The van der Waals surface area contributed by atoms with Crippen molar-refractivity contribution in [1.82, 2.24) is 20.1 Å². The van der Waals surface area contributed by atoms with E-state index in [4.69, 9.17) is 0 Å². The normalized spacial score (nSPS) is 15.3. The van der Waals surface area contributed by atoms with Gasteiger partial charge in [0.2, 0.25) is 0 Å². The van der Waals surface area contributed by atoms with Crippen LogP contribution in [0.2, 0.25) is 0 Å². The monoisotopic (exact) mass is 430 g/mol. The number of piperazine rings is 1. The molecule has 2 N–H and O–H groups in total. The number of benzene rings is 1. The lowest BCUT2D eigenvalue weighted by atomic mass is 10.1. The number of hydrogen-bond acceptors (Lipinski definition) is 6. The number of carboxylic acid groups (broad SMARTS) is 1. The minimum absolute atomic E-state index is 0.0241. The molecule has 1 aliphatic rings. The van der Waals surface area contributed by atoms with Crippen molar-refractivity contribution >= 4 is 35.2 Å². The molecule has 10 heteroatoms. The lowest BCUT2D eigenvalue weighted by Crippen LogP contribution is -2.58. The Hall–Kier alpha value is -3.27. The minimum Gasteiger partial charge on any atom is -0.479 e. The first-order valence-corrected chi connectivity index (χ1v) is 10.2. The van der Waals surface area contributed by atoms with Crippen LogP contribution in [0.5, 0.6) is 0 Å². The van der Waals surface area contributed by atoms with Crippen LogP contribution in [0.15, 0.2) is 23.6 Å². The first-order chi connectivity index (χ1) is 14.2. The zero-order chi connectivity index (χ0) is 22.0. The summed E-state index contributed by atoms with van der Waals surface area (Å²) in [4.78, 5) is 55.3. The fraction of sp³-hybridized carbons (Fsp3) is 0.350. The molecule has 2 aromatic rings. The van der Waals surface area contributed by atoms with E-state index in [9.17, 15) is 24.3 Å². The zero-order valence-electron chi connectivity index (χ0n) is 16.8. The van der Waals surface area contributed by atoms with E-state index in [-0.39, 0.29) is 25.3 Å². The third-order valence-corrected chi connectivity index (χ3v) is 5.74. The highest BCUT2D eigenvalue weighted by Gasteiger charge is 2.38. The average Bonchev–Trinajstić information content (AvgIpc) is 3.12. The third-order valence-electron chi connectivity index (χ3n) is 4.95. The van der Waals surface area contributed by atoms with Gasteiger partial charge in [-0.05, 0) is 37.5 Å². The number of carboxylic acids is 1. The molecule has 0 aliphatic carbocycles. The standard InChI is InChI=1S/C20H22N4O5S/c1-11-4-5-14(8-12(11)2)9-23-6-7-24(18(26)17(23)25)20(29)22-16(19(27)28)15-10-30-13(3)21-15/h4-5,8,10,16H,6-7,9H2,1-3H3,(H,22,29)(H,27,28). The van der Waals surface area contributed by atoms with Gasteiger partial charge in [-0.25, -0.2) is 14.6 Å². The molecule has 9 nitrogen and oxygen atoms in total. The average molecular weight is 430 g/mol. The predicted molar refractivity (Wildman–Crippen MR) is 109 cm³/mol. The number of nitrogens with zero attached hydrogens (tertiary/aromatic N) is 3. The number of imide groups is 1. The summed E-state index contributed by atoms with van der Waals surface area (Å²) in [7, 11) is 0. The van der Waals surface area contributed by atoms with Gasteiger partial charge in [0.15, 0.2) is 6.04 Å². The highest BCUT2D eigenvalue weighted by atomic mass is 32.1. The first-order valence-electron chi connectivity index (χ1n) is 9.29. The van der Waals surface area contributed by atoms with Crippen LogP contribution in [0.3, 0.4) is 0 Å². The molecule has 0 radical (unpaired) electrons. The second-order valence-electron chi connectivity index (χ2n) is 7.11. The summed E-state index contributed by atoms with van der Waals surface area (Å²) in [6.45, 7) is 6.07. The topological polar surface area (TPSA) is 120 Å². The Labute approximate surface area is 177 Å². The van der Waals surface area contributed by atoms with Crippen LogP contribution in [0, 0.1) is 20.8 Å². The SMILES string of the molecule is Cc1nc(C(NC(=O)N2CCN(Cc3ccc(C)c(C)c3)C(=O)C2=O)C(=O)O)cs1. The highest BCUT2D eigenvalue weighted by Crippen LogP contribution is 2.18. The summed E-state index contributed by atoms with van der Waals surface area (Å²) < 4.78 is 0. The number of hydrogen-bond donors (Lipinski definition) is 2. The summed E-state index contributed by atoms with van der Waals surface area (Å²) in [6, 6.07) is 3.47. The molecule has 158 valence electrons. The van der Waals surface area contributed by atoms with Crippen molar-refractivity contribution in [3.63, 3.8) is 0 Å². The molecule has 4 amide bonds. The Bertz CT molecular complexity index is 1020. The van der Waals surface area contributed by atoms with E-state index in [1.807, 2.05) is 32.0 Å². The van der Waals surface area contributed by atoms with Crippen LogP contribution in [0.4, 0.5) is 4.79 Å². The van der Waals surface area contributed by atoms with Crippen LogP contribution in [-0.2, 0) is 20.9 Å². The third kappa shape index (κ3) is 4.48. The number of carbonyl (C=O) groups excluding carboxylic acids is 3. The largest absolute Gasteiger partial charge is 0.479 e. The number of urea groups is 1. The van der Waals surface area contributed by atoms with Gasteiger partial charge in [0.05, 0.1) is 10.7 Å². The summed E-state index contributed by atoms with van der Waals surface area (Å²) in [5.41, 5.74) is 3.28. The minimum atomic E-state index is -1.40. The molecule has 0 bridgehead atoms. The lowest BCUT2D eigenvalue weighted by Gasteiger charge is -2.33. The number of amides is 4. The van der Waals surface area contributed by atoms with Gasteiger partial charge in [0.25, 0.3) is 0 Å². The summed E-state index contributed by atoms with van der Waals surface area (Å²) >= 11 is 1.25. The van der Waals surface area contributed by atoms with Gasteiger partial charge in [-0.3, -0.25) is 14.5 Å². The van der Waals surface area contributed by atoms with Crippen molar-refractivity contribution in [3.05, 3.63) is 51.0 Å². The molecule has 3 rings (SSSR count). The molecule has 1 aliphatic heterocycles. The van der Waals surface area contributed by atoms with Gasteiger partial charge in [0.1, 0.15) is 0 Å². The molecule has 30 heavy (non-hydrogen) atoms. The lowest BCUT2D eigenvalue weighted by molar-refractivity contribution is -0.154. The predicted octanol–water partition coefficient (Wildman–Crippen LogP) is 1.77. The Morgan fingerprint density at radius 1 is 1.17 bits per heavy atom. The van der Waals surface area contributed by atoms with Gasteiger partial charge >= 0.3 is 23.8 Å². The van der Waals surface area contributed by atoms with Gasteiger partial charge in [-0.2, -0.15) is 0 Å². The van der Waals surface area contributed by atoms with Crippen molar-refractivity contribution in [2.75, 3.05) is 13.1 Å². The van der Waals surface area contributed by atoms with Gasteiger partial charge in [-0.15, -0.1) is 11.3 Å². The van der Waals surface area contributed by atoms with Gasteiger partial charge < -0.3 is 15.3 Å². The van der Waals surface area contributed by atoms with Crippen LogP contribution in [0.25, 0.3) is 0 Å². The molecule has 1 atom stereocenters. The Kier molecular flexibility index (Phi) is 6.16. The smallest absolute Gasteiger partial charge is 0.332 e. The Morgan fingerprint density at radius 2 is 1.90 bits per heavy atom. The first kappa shape index (κ1) is 21.4. The number of aryl methyl sites for hydroxylation is 3. The second-order valence-corrected chi connectivity index (χ2v) is 8.18. The van der Waals surface area contributed by atoms with E-state index in [2.05, 4.69) is 10.3 Å². The molecule has 0 saturated carbocycles. The quantitative estimate of drug-likeness (QED) is 0.698. The van der Waals surface area contributed by atoms with Crippen molar-refractivity contribution in [3.8, 4) is 0 Å². The van der Waals surface area contributed by atoms with Gasteiger partial charge in [0, 0.05) is 25.0 Å². The maximum atomic E-state index is 12.5. The van der Waals surface area contributed by atoms with E-state index in [0.29, 0.717) is 5.01 Å². The van der Waals surface area contributed by atoms with E-state index in [1.54, 1.807) is 6.92 Å². The maximum absolute atomic E-state index is 12.5. The van der Waals surface area contributed by atoms with E-state index in [0.717, 1.165) is 21.6 Å². The van der Waals surface area contributed by atoms with Crippen LogP contribution in [0.1, 0.15) is 33.4 Å². The summed E-state index contributed by atoms with van der Waals surface area (Å²) in [5.74, 6) is -3.09. The number of thiazole rings is 1. The summed E-state index contributed by atoms with van der Waals surface area (Å²) in [5, 5.41) is 13.9. The fourth-order valence-corrected chi connectivity index (χ4v) is 3.76. The molecular formula is C20H22N4O5S. The number of rotatable bonds is 5. The molecule has 1 saturated heterocycles. The number of aliphatic carboxylic acids is 1. The molecule has 2 heterocycles. The molecule has 1 fully saturated rings. The van der Waals surface area contributed by atoms with Crippen LogP contribution >= 0.6 is 11.3 Å². The van der Waals surface area contributed by atoms with Gasteiger partial charge in [-0.1, -0.05) is 18.2 Å². The van der Waals surface area contributed by atoms with Crippen LogP contribution in [-0.4, -0.2) is 56.8 Å². The van der Waals surface area contributed by atoms with E-state index < -0.39 is 29.9 Å². The second kappa shape index (κ2) is 8.62. The van der Waals surface area contributed by atoms with E-state index >= 15 is 0 Å². The van der Waals surface area contributed by atoms with Crippen molar-refractivity contribution < 1.29 is 24.3 Å². The van der Waals surface area contributed by atoms with Crippen molar-refractivity contribution in [2.45, 2.75) is 33.4 Å². The van der Waals surface area contributed by atoms with E-state index in [1.165, 1.54) is 21.6 Å². The molecule has 1 aromatic carbocycles. The highest BCUT2D eigenvalue weighted by molar-refractivity contribution is 7.09. The van der Waals surface area contributed by atoms with Crippen LogP contribution < -0.4 is 5.32 Å². The molecule has 1 unspecified atom stereocenters.